The minimum Gasteiger partial charge on any atom is -0.469 e. The molecule has 9 heteroatoms. The Morgan fingerprint density at radius 3 is 2.25 bits per heavy atom. The van der Waals surface area contributed by atoms with Crippen LogP contribution >= 0.6 is 11.6 Å². The molecule has 0 heterocycles. The normalized spacial score (nSPS) is 12.8. The second kappa shape index (κ2) is 10.9. The fraction of sp³-hybridized carbons (Fsp3) is 0.391. The number of methoxy groups -OCH3 is 1. The van der Waals surface area contributed by atoms with Crippen LogP contribution in [-0.2, 0) is 29.8 Å². The van der Waals surface area contributed by atoms with Crippen molar-refractivity contribution in [3.05, 3.63) is 64.7 Å². The van der Waals surface area contributed by atoms with Crippen molar-refractivity contribution >= 4 is 33.5 Å². The van der Waals surface area contributed by atoms with Gasteiger partial charge in [0.2, 0.25) is 15.9 Å². The molecule has 2 aromatic carbocycles. The highest BCUT2D eigenvalue weighted by molar-refractivity contribution is 7.89. The molecule has 1 unspecified atom stereocenters. The molecule has 0 aliphatic heterocycles. The zero-order valence-electron chi connectivity index (χ0n) is 18.6. The van der Waals surface area contributed by atoms with Crippen molar-refractivity contribution in [3.63, 3.8) is 0 Å². The van der Waals surface area contributed by atoms with Crippen LogP contribution < -0.4 is 10.0 Å². The fourth-order valence-corrected chi connectivity index (χ4v) is 4.33. The first-order chi connectivity index (χ1) is 14.9. The average Bonchev–Trinajstić information content (AvgIpc) is 2.73. The Bertz CT molecular complexity index is 1050. The SMILES string of the molecule is COC(=O)CC(NC(=O)CCNS(=O)(=O)c1ccc(C(C)(C)C)cc1)c1ccccc1Cl. The van der Waals surface area contributed by atoms with E-state index >= 15 is 0 Å². The van der Waals surface area contributed by atoms with Crippen LogP contribution in [0.1, 0.15) is 50.8 Å². The average molecular weight is 481 g/mol. The number of carbonyl (C=O) groups is 2. The molecule has 0 spiro atoms. The summed E-state index contributed by atoms with van der Waals surface area (Å²) >= 11 is 6.21. The van der Waals surface area contributed by atoms with Crippen LogP contribution in [0.15, 0.2) is 53.4 Å². The van der Waals surface area contributed by atoms with E-state index in [1.807, 2.05) is 20.8 Å². The number of esters is 1. The van der Waals surface area contributed by atoms with Crippen LogP contribution in [0.3, 0.4) is 0 Å². The van der Waals surface area contributed by atoms with E-state index in [1.54, 1.807) is 48.5 Å². The third-order valence-electron chi connectivity index (χ3n) is 4.89. The molecule has 2 aromatic rings. The predicted octanol–water partition coefficient (Wildman–Crippen LogP) is 3.73. The molecule has 174 valence electrons. The quantitative estimate of drug-likeness (QED) is 0.532. The van der Waals surface area contributed by atoms with Crippen molar-refractivity contribution in [1.29, 1.82) is 0 Å². The van der Waals surface area contributed by atoms with Gasteiger partial charge in [-0.15, -0.1) is 0 Å². The summed E-state index contributed by atoms with van der Waals surface area (Å²) < 4.78 is 32.2. The summed E-state index contributed by atoms with van der Waals surface area (Å²) in [4.78, 5) is 24.3. The van der Waals surface area contributed by atoms with Gasteiger partial charge in [-0.1, -0.05) is 62.7 Å². The Kier molecular flexibility index (Phi) is 8.83. The molecule has 1 atom stereocenters. The maximum absolute atomic E-state index is 12.5. The molecule has 0 saturated heterocycles. The number of hydrogen-bond acceptors (Lipinski definition) is 5. The molecule has 0 fully saturated rings. The zero-order chi connectivity index (χ0) is 23.9. The molecular formula is C23H29ClN2O5S. The van der Waals surface area contributed by atoms with E-state index in [0.717, 1.165) is 5.56 Å². The lowest BCUT2D eigenvalue weighted by Crippen LogP contribution is -2.34. The first kappa shape index (κ1) is 25.8. The lowest BCUT2D eigenvalue weighted by Gasteiger charge is -2.20. The molecule has 0 bridgehead atoms. The maximum Gasteiger partial charge on any atom is 0.307 e. The number of benzene rings is 2. The molecule has 1 amide bonds. The Morgan fingerprint density at radius 1 is 1.06 bits per heavy atom. The molecule has 32 heavy (non-hydrogen) atoms. The van der Waals surface area contributed by atoms with Gasteiger partial charge < -0.3 is 10.1 Å². The number of halogens is 1. The molecule has 0 aliphatic rings. The summed E-state index contributed by atoms with van der Waals surface area (Å²) in [5.41, 5.74) is 1.51. The summed E-state index contributed by atoms with van der Waals surface area (Å²) in [6.07, 6.45) is -0.209. The molecule has 0 aliphatic carbocycles. The van der Waals surface area contributed by atoms with Gasteiger partial charge in [0.25, 0.3) is 0 Å². The van der Waals surface area contributed by atoms with Gasteiger partial charge in [0.15, 0.2) is 0 Å². The number of ether oxygens (including phenoxy) is 1. The lowest BCUT2D eigenvalue weighted by molar-refractivity contribution is -0.141. The Labute approximate surface area is 194 Å². The van der Waals surface area contributed by atoms with E-state index in [2.05, 4.69) is 10.0 Å². The van der Waals surface area contributed by atoms with Gasteiger partial charge in [-0.05, 0) is 34.7 Å². The summed E-state index contributed by atoms with van der Waals surface area (Å²) in [5.74, 6) is -0.931. The van der Waals surface area contributed by atoms with Gasteiger partial charge in [0.05, 0.1) is 24.5 Å². The standard InChI is InChI=1S/C23H29ClN2O5S/c1-23(2,3)16-9-11-17(12-10-16)32(29,30)25-14-13-21(27)26-20(15-22(28)31-4)18-7-5-6-8-19(18)24/h5-12,20,25H,13-15H2,1-4H3,(H,26,27). The number of nitrogens with one attached hydrogen (secondary N) is 2. The molecule has 0 saturated carbocycles. The van der Waals surface area contributed by atoms with Gasteiger partial charge in [0, 0.05) is 18.0 Å². The minimum absolute atomic E-state index is 0.0871. The molecular weight excluding hydrogens is 452 g/mol. The maximum atomic E-state index is 12.5. The lowest BCUT2D eigenvalue weighted by atomic mass is 9.87. The third kappa shape index (κ3) is 7.32. The molecule has 0 aromatic heterocycles. The van der Waals surface area contributed by atoms with Crippen LogP contribution in [-0.4, -0.2) is 33.9 Å². The second-order valence-electron chi connectivity index (χ2n) is 8.34. The van der Waals surface area contributed by atoms with E-state index < -0.39 is 27.9 Å². The number of hydrogen-bond donors (Lipinski definition) is 2. The van der Waals surface area contributed by atoms with E-state index in [1.165, 1.54) is 7.11 Å². The highest BCUT2D eigenvalue weighted by Crippen LogP contribution is 2.26. The zero-order valence-corrected chi connectivity index (χ0v) is 20.2. The molecule has 2 rings (SSSR count). The van der Waals surface area contributed by atoms with Crippen LogP contribution in [0.4, 0.5) is 0 Å². The van der Waals surface area contributed by atoms with Crippen LogP contribution in [0.5, 0.6) is 0 Å². The van der Waals surface area contributed by atoms with E-state index in [-0.39, 0.29) is 29.7 Å². The molecule has 7 nitrogen and oxygen atoms in total. The summed E-state index contributed by atoms with van der Waals surface area (Å²) in [5, 5.41) is 3.13. The van der Waals surface area contributed by atoms with Crippen molar-refractivity contribution in [3.8, 4) is 0 Å². The summed E-state index contributed by atoms with van der Waals surface area (Å²) in [6, 6.07) is 12.8. The van der Waals surface area contributed by atoms with E-state index in [4.69, 9.17) is 16.3 Å². The van der Waals surface area contributed by atoms with E-state index in [0.29, 0.717) is 10.6 Å². The first-order valence-corrected chi connectivity index (χ1v) is 12.0. The van der Waals surface area contributed by atoms with Crippen molar-refractivity contribution in [2.75, 3.05) is 13.7 Å². The summed E-state index contributed by atoms with van der Waals surface area (Å²) in [6.45, 7) is 6.04. The molecule has 0 radical (unpaired) electrons. The van der Waals surface area contributed by atoms with Gasteiger partial charge in [-0.3, -0.25) is 9.59 Å². The first-order valence-electron chi connectivity index (χ1n) is 10.1. The number of carbonyl (C=O) groups excluding carboxylic acids is 2. The Balaban J connectivity index is 1.99. The smallest absolute Gasteiger partial charge is 0.307 e. The number of amides is 1. The highest BCUT2D eigenvalue weighted by Gasteiger charge is 2.22. The van der Waals surface area contributed by atoms with Crippen LogP contribution in [0.2, 0.25) is 5.02 Å². The van der Waals surface area contributed by atoms with Crippen molar-refractivity contribution < 1.29 is 22.7 Å². The van der Waals surface area contributed by atoms with Gasteiger partial charge in [-0.2, -0.15) is 0 Å². The second-order valence-corrected chi connectivity index (χ2v) is 10.5. The van der Waals surface area contributed by atoms with Gasteiger partial charge in [0.1, 0.15) is 0 Å². The monoisotopic (exact) mass is 480 g/mol. The highest BCUT2D eigenvalue weighted by atomic mass is 35.5. The van der Waals surface area contributed by atoms with Crippen LogP contribution in [0, 0.1) is 0 Å². The Morgan fingerprint density at radius 2 is 1.69 bits per heavy atom. The number of sulfonamides is 1. The van der Waals surface area contributed by atoms with Crippen molar-refractivity contribution in [2.45, 2.75) is 50.0 Å². The molecule has 2 N–H and O–H groups in total. The minimum atomic E-state index is -3.75. The number of rotatable bonds is 9. The van der Waals surface area contributed by atoms with Gasteiger partial charge >= 0.3 is 5.97 Å². The third-order valence-corrected chi connectivity index (χ3v) is 6.71. The topological polar surface area (TPSA) is 102 Å². The fourth-order valence-electron chi connectivity index (χ4n) is 3.03. The predicted molar refractivity (Wildman–Crippen MR) is 124 cm³/mol. The largest absolute Gasteiger partial charge is 0.469 e. The van der Waals surface area contributed by atoms with Crippen molar-refractivity contribution in [1.82, 2.24) is 10.0 Å². The van der Waals surface area contributed by atoms with Crippen LogP contribution in [0.25, 0.3) is 0 Å². The van der Waals surface area contributed by atoms with Gasteiger partial charge in [-0.25, -0.2) is 13.1 Å². The van der Waals surface area contributed by atoms with E-state index in [9.17, 15) is 18.0 Å². The Hall–Kier alpha value is -2.42. The summed E-state index contributed by atoms with van der Waals surface area (Å²) in [7, 11) is -2.49. The van der Waals surface area contributed by atoms with Crippen molar-refractivity contribution in [2.24, 2.45) is 0 Å².